The zero-order chi connectivity index (χ0) is 14.0. The van der Waals surface area contributed by atoms with Gasteiger partial charge >= 0.3 is 0 Å². The zero-order valence-electron chi connectivity index (χ0n) is 10.2. The van der Waals surface area contributed by atoms with E-state index in [2.05, 4.69) is 31.9 Å². The fourth-order valence-electron chi connectivity index (χ4n) is 1.62. The van der Waals surface area contributed by atoms with Crippen LogP contribution in [-0.2, 0) is 0 Å². The van der Waals surface area contributed by atoms with Crippen LogP contribution < -0.4 is 10.5 Å². The molecule has 0 fully saturated rings. The molecule has 0 spiro atoms. The second-order valence-electron chi connectivity index (χ2n) is 4.15. The van der Waals surface area contributed by atoms with Gasteiger partial charge in [-0.15, -0.1) is 0 Å². The number of rotatable bonds is 3. The van der Waals surface area contributed by atoms with E-state index in [0.29, 0.717) is 5.75 Å². The Morgan fingerprint density at radius 1 is 1.16 bits per heavy atom. The molecule has 1 atom stereocenters. The monoisotopic (exact) mass is 387 g/mol. The van der Waals surface area contributed by atoms with Crippen molar-refractivity contribution in [2.75, 3.05) is 0 Å². The fourth-order valence-corrected chi connectivity index (χ4v) is 2.68. The van der Waals surface area contributed by atoms with E-state index in [1.54, 1.807) is 24.3 Å². The molecule has 2 rings (SSSR count). The van der Waals surface area contributed by atoms with Crippen molar-refractivity contribution in [3.8, 4) is 11.5 Å². The Morgan fingerprint density at radius 3 is 2.53 bits per heavy atom. The van der Waals surface area contributed by atoms with Crippen LogP contribution in [0.25, 0.3) is 0 Å². The first-order chi connectivity index (χ1) is 8.97. The van der Waals surface area contributed by atoms with Crippen LogP contribution in [0, 0.1) is 5.82 Å². The highest BCUT2D eigenvalue weighted by Crippen LogP contribution is 2.31. The van der Waals surface area contributed by atoms with Crippen LogP contribution in [0.5, 0.6) is 11.5 Å². The second kappa shape index (κ2) is 6.03. The quantitative estimate of drug-likeness (QED) is 0.787. The predicted molar refractivity (Wildman–Crippen MR) is 80.9 cm³/mol. The van der Waals surface area contributed by atoms with Gasteiger partial charge in [-0.3, -0.25) is 0 Å². The molecule has 0 bridgehead atoms. The minimum atomic E-state index is -0.407. The number of nitrogens with two attached hydrogens (primary N) is 1. The number of benzene rings is 2. The summed E-state index contributed by atoms with van der Waals surface area (Å²) in [5.74, 6) is 0.318. The normalized spacial score (nSPS) is 12.3. The van der Waals surface area contributed by atoms with Crippen molar-refractivity contribution >= 4 is 31.9 Å². The topological polar surface area (TPSA) is 35.2 Å². The van der Waals surface area contributed by atoms with E-state index in [0.717, 1.165) is 14.5 Å². The fraction of sp³-hybridized carbons (Fsp3) is 0.143. The Hall–Kier alpha value is -0.910. The lowest BCUT2D eigenvalue weighted by Gasteiger charge is -2.12. The summed E-state index contributed by atoms with van der Waals surface area (Å²) in [7, 11) is 0. The average molecular weight is 389 g/mol. The molecule has 2 N–H and O–H groups in total. The molecular weight excluding hydrogens is 377 g/mol. The average Bonchev–Trinajstić information content (AvgIpc) is 2.33. The van der Waals surface area contributed by atoms with Gasteiger partial charge < -0.3 is 10.5 Å². The Kier molecular flexibility index (Phi) is 4.60. The van der Waals surface area contributed by atoms with E-state index in [1.807, 2.05) is 13.0 Å². The van der Waals surface area contributed by atoms with E-state index >= 15 is 0 Å². The lowest BCUT2D eigenvalue weighted by molar-refractivity contribution is 0.441. The van der Waals surface area contributed by atoms with Gasteiger partial charge in [0.05, 0.1) is 0 Å². The van der Waals surface area contributed by atoms with Crippen LogP contribution in [0.2, 0.25) is 0 Å². The summed E-state index contributed by atoms with van der Waals surface area (Å²) in [4.78, 5) is 0. The van der Waals surface area contributed by atoms with Crippen molar-refractivity contribution in [1.29, 1.82) is 0 Å². The first-order valence-corrected chi connectivity index (χ1v) is 7.24. The first kappa shape index (κ1) is 14.5. The van der Waals surface area contributed by atoms with E-state index in [9.17, 15) is 4.39 Å². The van der Waals surface area contributed by atoms with Crippen LogP contribution in [0.4, 0.5) is 4.39 Å². The van der Waals surface area contributed by atoms with Crippen molar-refractivity contribution in [3.63, 3.8) is 0 Å². The lowest BCUT2D eigenvalue weighted by Crippen LogP contribution is -2.05. The highest BCUT2D eigenvalue weighted by atomic mass is 79.9. The molecule has 5 heteroatoms. The van der Waals surface area contributed by atoms with Gasteiger partial charge in [0.15, 0.2) is 11.6 Å². The van der Waals surface area contributed by atoms with Crippen LogP contribution in [0.1, 0.15) is 18.5 Å². The third-order valence-electron chi connectivity index (χ3n) is 2.58. The molecule has 0 aliphatic rings. The summed E-state index contributed by atoms with van der Waals surface area (Å²) < 4.78 is 20.7. The van der Waals surface area contributed by atoms with Gasteiger partial charge in [-0.1, -0.05) is 37.9 Å². The van der Waals surface area contributed by atoms with Crippen molar-refractivity contribution in [2.45, 2.75) is 13.0 Å². The molecule has 19 heavy (non-hydrogen) atoms. The third-order valence-corrected chi connectivity index (χ3v) is 3.76. The van der Waals surface area contributed by atoms with Crippen LogP contribution >= 0.6 is 31.9 Å². The second-order valence-corrected chi connectivity index (χ2v) is 5.92. The van der Waals surface area contributed by atoms with E-state index in [-0.39, 0.29) is 11.8 Å². The molecule has 0 aliphatic carbocycles. The number of hydrogen-bond donors (Lipinski definition) is 1. The van der Waals surface area contributed by atoms with Gasteiger partial charge in [-0.2, -0.15) is 0 Å². The SMILES string of the molecule is C[C@H](N)c1ccc(Oc2cc(Br)ccc2F)cc1Br. The molecule has 0 saturated heterocycles. The van der Waals surface area contributed by atoms with Gasteiger partial charge in [0.1, 0.15) is 5.75 Å². The molecule has 0 radical (unpaired) electrons. The maximum absolute atomic E-state index is 13.6. The predicted octanol–water partition coefficient (Wildman–Crippen LogP) is 5.16. The van der Waals surface area contributed by atoms with E-state index in [1.165, 1.54) is 6.07 Å². The van der Waals surface area contributed by atoms with Gasteiger partial charge in [-0.25, -0.2) is 4.39 Å². The summed E-state index contributed by atoms with van der Waals surface area (Å²) in [6.07, 6.45) is 0. The Balaban J connectivity index is 2.29. The molecule has 2 aromatic carbocycles. The maximum Gasteiger partial charge on any atom is 0.165 e. The molecule has 2 aromatic rings. The summed E-state index contributed by atoms with van der Waals surface area (Å²) >= 11 is 6.71. The molecule has 0 aromatic heterocycles. The van der Waals surface area contributed by atoms with Crippen molar-refractivity contribution in [1.82, 2.24) is 0 Å². The first-order valence-electron chi connectivity index (χ1n) is 5.65. The van der Waals surface area contributed by atoms with Crippen molar-refractivity contribution < 1.29 is 9.13 Å². The highest BCUT2D eigenvalue weighted by Gasteiger charge is 2.09. The van der Waals surface area contributed by atoms with Gasteiger partial charge in [0.25, 0.3) is 0 Å². The molecule has 0 unspecified atom stereocenters. The maximum atomic E-state index is 13.6. The minimum absolute atomic E-state index is 0.0777. The Labute approximate surface area is 128 Å². The van der Waals surface area contributed by atoms with Gasteiger partial charge in [0.2, 0.25) is 0 Å². The summed E-state index contributed by atoms with van der Waals surface area (Å²) in [6.45, 7) is 1.90. The van der Waals surface area contributed by atoms with Crippen LogP contribution in [0.15, 0.2) is 45.3 Å². The Bertz CT molecular complexity index is 602. The van der Waals surface area contributed by atoms with Crippen molar-refractivity contribution in [3.05, 3.63) is 56.7 Å². The summed E-state index contributed by atoms with van der Waals surface area (Å²) in [6, 6.07) is 9.89. The molecule has 0 heterocycles. The largest absolute Gasteiger partial charge is 0.454 e. The summed E-state index contributed by atoms with van der Waals surface area (Å²) in [5.41, 5.74) is 6.80. The van der Waals surface area contributed by atoms with Crippen LogP contribution in [-0.4, -0.2) is 0 Å². The highest BCUT2D eigenvalue weighted by molar-refractivity contribution is 9.10. The molecular formula is C14H12Br2FNO. The van der Waals surface area contributed by atoms with E-state index < -0.39 is 5.82 Å². The molecule has 0 saturated carbocycles. The number of ether oxygens (including phenoxy) is 1. The lowest BCUT2D eigenvalue weighted by atomic mass is 10.1. The summed E-state index contributed by atoms with van der Waals surface area (Å²) in [5, 5.41) is 0. The molecule has 0 amide bonds. The molecule has 100 valence electrons. The minimum Gasteiger partial charge on any atom is -0.454 e. The van der Waals surface area contributed by atoms with Crippen LogP contribution in [0.3, 0.4) is 0 Å². The van der Waals surface area contributed by atoms with E-state index in [4.69, 9.17) is 10.5 Å². The molecule has 2 nitrogen and oxygen atoms in total. The zero-order valence-corrected chi connectivity index (χ0v) is 13.3. The standard InChI is InChI=1S/C14H12Br2FNO/c1-8(18)11-4-3-10(7-12(11)16)19-14-6-9(15)2-5-13(14)17/h2-8H,18H2,1H3/t8-/m0/s1. The molecule has 0 aliphatic heterocycles. The smallest absolute Gasteiger partial charge is 0.165 e. The Morgan fingerprint density at radius 2 is 1.89 bits per heavy atom. The number of hydrogen-bond acceptors (Lipinski definition) is 2. The van der Waals surface area contributed by atoms with Crippen molar-refractivity contribution in [2.24, 2.45) is 5.73 Å². The number of halogens is 3. The van der Waals surface area contributed by atoms with Gasteiger partial charge in [-0.05, 0) is 42.8 Å². The third kappa shape index (κ3) is 3.55. The van der Waals surface area contributed by atoms with Gasteiger partial charge in [0, 0.05) is 15.0 Å².